The van der Waals surface area contributed by atoms with Gasteiger partial charge in [0.25, 0.3) is 0 Å². The van der Waals surface area contributed by atoms with Crippen LogP contribution in [-0.2, 0) is 9.59 Å². The molecule has 0 saturated heterocycles. The largest absolute Gasteiger partial charge is 0.495 e. The number of ether oxygens (including phenoxy) is 1. The summed E-state index contributed by atoms with van der Waals surface area (Å²) in [7, 11) is 1.53. The molecule has 1 aliphatic heterocycles. The van der Waals surface area contributed by atoms with Crippen molar-refractivity contribution in [1.29, 1.82) is 0 Å². The van der Waals surface area contributed by atoms with Gasteiger partial charge in [0, 0.05) is 0 Å². The van der Waals surface area contributed by atoms with E-state index in [-0.39, 0.29) is 24.2 Å². The highest BCUT2D eigenvalue weighted by Gasteiger charge is 2.33. The number of benzene rings is 1. The highest BCUT2D eigenvalue weighted by atomic mass is 16.5. The molecule has 2 N–H and O–H groups in total. The second kappa shape index (κ2) is 5.71. The van der Waals surface area contributed by atoms with Crippen molar-refractivity contribution in [3.8, 4) is 5.75 Å². The number of carbonyl (C=O) groups is 2. The molecule has 0 bridgehead atoms. The van der Waals surface area contributed by atoms with E-state index in [1.54, 1.807) is 13.0 Å². The van der Waals surface area contributed by atoms with Crippen molar-refractivity contribution in [1.82, 2.24) is 14.8 Å². The molecule has 1 aromatic heterocycles. The third kappa shape index (κ3) is 2.87. The van der Waals surface area contributed by atoms with Crippen molar-refractivity contribution in [2.75, 3.05) is 17.7 Å². The Morgan fingerprint density at radius 1 is 1.43 bits per heavy atom. The van der Waals surface area contributed by atoms with Gasteiger partial charge in [0.2, 0.25) is 17.8 Å². The van der Waals surface area contributed by atoms with Crippen molar-refractivity contribution in [3.05, 3.63) is 29.6 Å². The number of amides is 2. The quantitative estimate of drug-likeness (QED) is 0.892. The first-order valence-corrected chi connectivity index (χ1v) is 7.16. The lowest BCUT2D eigenvalue weighted by Crippen LogP contribution is -2.36. The molecule has 8 nitrogen and oxygen atoms in total. The topological polar surface area (TPSA) is 98.1 Å². The molecule has 1 aliphatic rings. The average Bonchev–Trinajstić information content (AvgIpc) is 2.86. The van der Waals surface area contributed by atoms with Crippen molar-refractivity contribution in [2.45, 2.75) is 26.3 Å². The van der Waals surface area contributed by atoms with Crippen LogP contribution in [0.3, 0.4) is 0 Å². The van der Waals surface area contributed by atoms with Crippen LogP contribution in [0, 0.1) is 13.8 Å². The van der Waals surface area contributed by atoms with Crippen molar-refractivity contribution >= 4 is 23.5 Å². The molecule has 0 unspecified atom stereocenters. The molecule has 1 atom stereocenters. The van der Waals surface area contributed by atoms with Crippen LogP contribution in [0.5, 0.6) is 5.75 Å². The Kier molecular flexibility index (Phi) is 3.73. The third-order valence-corrected chi connectivity index (χ3v) is 3.58. The van der Waals surface area contributed by atoms with Gasteiger partial charge in [0.1, 0.15) is 17.6 Å². The van der Waals surface area contributed by atoms with Gasteiger partial charge < -0.3 is 10.1 Å². The first kappa shape index (κ1) is 15.0. The van der Waals surface area contributed by atoms with Gasteiger partial charge >= 0.3 is 0 Å². The molecule has 3 rings (SSSR count). The normalized spacial score (nSPS) is 16.5. The van der Waals surface area contributed by atoms with E-state index in [0.717, 1.165) is 5.56 Å². The van der Waals surface area contributed by atoms with Gasteiger partial charge in [-0.1, -0.05) is 6.07 Å². The predicted molar refractivity (Wildman–Crippen MR) is 83.4 cm³/mol. The maximum atomic E-state index is 12.6. The summed E-state index contributed by atoms with van der Waals surface area (Å²) >= 11 is 0. The highest BCUT2D eigenvalue weighted by molar-refractivity contribution is 6.01. The zero-order chi connectivity index (χ0) is 16.6. The van der Waals surface area contributed by atoms with Crippen molar-refractivity contribution in [3.63, 3.8) is 0 Å². The summed E-state index contributed by atoms with van der Waals surface area (Å²) in [5.41, 5.74) is 1.54. The Bertz CT molecular complexity index is 783. The van der Waals surface area contributed by atoms with Gasteiger partial charge in [0.15, 0.2) is 0 Å². The van der Waals surface area contributed by atoms with Gasteiger partial charge in [-0.3, -0.25) is 14.9 Å². The Morgan fingerprint density at radius 2 is 2.22 bits per heavy atom. The number of carbonyl (C=O) groups excluding carboxylic acids is 2. The molecule has 0 aliphatic carbocycles. The molecule has 1 aromatic carbocycles. The summed E-state index contributed by atoms with van der Waals surface area (Å²) in [6, 6.07) is 4.74. The number of nitrogens with one attached hydrogen (secondary N) is 2. The van der Waals surface area contributed by atoms with E-state index < -0.39 is 6.04 Å². The summed E-state index contributed by atoms with van der Waals surface area (Å²) in [4.78, 5) is 28.5. The maximum absolute atomic E-state index is 12.6. The number of fused-ring (bicyclic) bond motifs is 1. The molecule has 2 amide bonds. The van der Waals surface area contributed by atoms with E-state index in [1.165, 1.54) is 11.8 Å². The number of aryl methyl sites for hydroxylation is 2. The third-order valence-electron chi connectivity index (χ3n) is 3.58. The molecule has 2 heterocycles. The van der Waals surface area contributed by atoms with Crippen molar-refractivity contribution in [2.24, 2.45) is 0 Å². The van der Waals surface area contributed by atoms with E-state index in [2.05, 4.69) is 20.7 Å². The summed E-state index contributed by atoms with van der Waals surface area (Å²) in [6.45, 7) is 3.62. The van der Waals surface area contributed by atoms with Crippen LogP contribution in [0.4, 0.5) is 11.6 Å². The van der Waals surface area contributed by atoms with Crippen molar-refractivity contribution < 1.29 is 14.3 Å². The van der Waals surface area contributed by atoms with E-state index in [1.807, 2.05) is 19.1 Å². The van der Waals surface area contributed by atoms with E-state index >= 15 is 0 Å². The molecule has 120 valence electrons. The van der Waals surface area contributed by atoms with Gasteiger partial charge in [0.05, 0.1) is 19.2 Å². The lowest BCUT2D eigenvalue weighted by atomic mass is 10.1. The van der Waals surface area contributed by atoms with E-state index in [4.69, 9.17) is 4.74 Å². The predicted octanol–water partition coefficient (Wildman–Crippen LogP) is 1.43. The summed E-state index contributed by atoms with van der Waals surface area (Å²) in [5.74, 6) is 0.735. The molecule has 8 heteroatoms. The molecule has 0 radical (unpaired) electrons. The standard InChI is InChI=1S/C15H17N5O3/c1-8-4-5-12(23-3)10(6-8)17-14(22)11-7-13(21)18-15-16-9(2)19-20(11)15/h4-6,11H,7H2,1-3H3,(H,17,22)(H,16,18,19,21)/t11-/m0/s1. The van der Waals surface area contributed by atoms with Gasteiger partial charge in [-0.05, 0) is 31.5 Å². The minimum atomic E-state index is -0.745. The number of anilines is 2. The molecule has 0 saturated carbocycles. The number of methoxy groups -OCH3 is 1. The molecule has 0 fully saturated rings. The number of hydrogen-bond acceptors (Lipinski definition) is 5. The summed E-state index contributed by atoms with van der Waals surface area (Å²) < 4.78 is 6.69. The average molecular weight is 315 g/mol. The minimum Gasteiger partial charge on any atom is -0.495 e. The first-order valence-electron chi connectivity index (χ1n) is 7.16. The lowest BCUT2D eigenvalue weighted by molar-refractivity contribution is -0.125. The fraction of sp³-hybridized carbons (Fsp3) is 0.333. The maximum Gasteiger partial charge on any atom is 0.250 e. The number of rotatable bonds is 3. The fourth-order valence-electron chi connectivity index (χ4n) is 2.51. The smallest absolute Gasteiger partial charge is 0.250 e. The highest BCUT2D eigenvalue weighted by Crippen LogP contribution is 2.28. The molecular weight excluding hydrogens is 298 g/mol. The number of nitrogens with zero attached hydrogens (tertiary/aromatic N) is 3. The Labute approximate surface area is 132 Å². The van der Waals surface area contributed by atoms with Gasteiger partial charge in [-0.15, -0.1) is 0 Å². The first-order chi connectivity index (χ1) is 11.0. The molecule has 23 heavy (non-hydrogen) atoms. The number of aromatic nitrogens is 3. The van der Waals surface area contributed by atoms with Crippen LogP contribution < -0.4 is 15.4 Å². The van der Waals surface area contributed by atoms with Crippen LogP contribution in [0.1, 0.15) is 23.9 Å². The zero-order valence-corrected chi connectivity index (χ0v) is 13.1. The van der Waals surface area contributed by atoms with Crippen LogP contribution in [0.2, 0.25) is 0 Å². The van der Waals surface area contributed by atoms with Gasteiger partial charge in [-0.25, -0.2) is 4.68 Å². The fourth-order valence-corrected chi connectivity index (χ4v) is 2.51. The SMILES string of the molecule is COc1ccc(C)cc1NC(=O)[C@@H]1CC(=O)Nc2nc(C)nn21. The Balaban J connectivity index is 1.89. The zero-order valence-electron chi connectivity index (χ0n) is 13.1. The van der Waals surface area contributed by atoms with Crippen LogP contribution in [0.15, 0.2) is 18.2 Å². The van der Waals surface area contributed by atoms with Gasteiger partial charge in [-0.2, -0.15) is 10.1 Å². The number of hydrogen-bond donors (Lipinski definition) is 2. The molecule has 0 spiro atoms. The van der Waals surface area contributed by atoms with Crippen LogP contribution in [-0.4, -0.2) is 33.7 Å². The Morgan fingerprint density at radius 3 is 2.96 bits per heavy atom. The van der Waals surface area contributed by atoms with E-state index in [9.17, 15) is 9.59 Å². The minimum absolute atomic E-state index is 0.00969. The lowest BCUT2D eigenvalue weighted by Gasteiger charge is -2.23. The molecular formula is C15H17N5O3. The summed E-state index contributed by atoms with van der Waals surface area (Å²) in [5, 5.41) is 9.61. The van der Waals surface area contributed by atoms with Crippen LogP contribution >= 0.6 is 0 Å². The van der Waals surface area contributed by atoms with E-state index in [0.29, 0.717) is 17.3 Å². The Hall–Kier alpha value is -2.90. The second-order valence-corrected chi connectivity index (χ2v) is 5.39. The monoisotopic (exact) mass is 315 g/mol. The van der Waals surface area contributed by atoms with Crippen LogP contribution in [0.25, 0.3) is 0 Å². The summed E-state index contributed by atoms with van der Waals surface area (Å²) in [6.07, 6.45) is 0.00969. The second-order valence-electron chi connectivity index (χ2n) is 5.39. The molecule has 2 aromatic rings.